The van der Waals surface area contributed by atoms with Crippen LogP contribution < -0.4 is 16.0 Å². The van der Waals surface area contributed by atoms with Crippen molar-refractivity contribution in [3.63, 3.8) is 0 Å². The van der Waals surface area contributed by atoms with E-state index in [4.69, 9.17) is 11.6 Å². The Morgan fingerprint density at radius 3 is 2.70 bits per heavy atom. The molecule has 2 aliphatic rings. The molecule has 2 aromatic rings. The fourth-order valence-electron chi connectivity index (χ4n) is 4.06. The maximum atomic E-state index is 12.9. The van der Waals surface area contributed by atoms with Crippen LogP contribution in [0, 0.1) is 0 Å². The van der Waals surface area contributed by atoms with E-state index in [-0.39, 0.29) is 24.8 Å². The van der Waals surface area contributed by atoms with Gasteiger partial charge in [0.2, 0.25) is 11.8 Å². The molecule has 1 atom stereocenters. The highest BCUT2D eigenvalue weighted by Gasteiger charge is 2.39. The SMILES string of the molecule is CC(C)c1ccc(Cl)c(NC(=O)NCc2ccc3c(c2)C(=O)N(C2CCC(=O)NC2=O)C3)c1. The lowest BCUT2D eigenvalue weighted by atomic mass is 10.0. The molecule has 2 aromatic carbocycles. The fourth-order valence-corrected chi connectivity index (χ4v) is 4.22. The van der Waals surface area contributed by atoms with Crippen LogP contribution >= 0.6 is 11.6 Å². The lowest BCUT2D eigenvalue weighted by molar-refractivity contribution is -0.136. The first-order valence-corrected chi connectivity index (χ1v) is 11.2. The molecule has 2 heterocycles. The van der Waals surface area contributed by atoms with Crippen molar-refractivity contribution in [2.75, 3.05) is 5.32 Å². The Morgan fingerprint density at radius 1 is 1.18 bits per heavy atom. The van der Waals surface area contributed by atoms with E-state index in [0.717, 1.165) is 16.7 Å². The summed E-state index contributed by atoms with van der Waals surface area (Å²) in [5.41, 5.74) is 3.67. The van der Waals surface area contributed by atoms with Gasteiger partial charge in [0.05, 0.1) is 10.7 Å². The van der Waals surface area contributed by atoms with Gasteiger partial charge >= 0.3 is 6.03 Å². The van der Waals surface area contributed by atoms with E-state index in [0.29, 0.717) is 35.2 Å². The van der Waals surface area contributed by atoms with E-state index < -0.39 is 18.0 Å². The molecule has 0 aromatic heterocycles. The Labute approximate surface area is 196 Å². The molecule has 0 bridgehead atoms. The largest absolute Gasteiger partial charge is 0.334 e. The third kappa shape index (κ3) is 4.85. The number of nitrogens with zero attached hydrogens (tertiary/aromatic N) is 1. The average molecular weight is 469 g/mol. The molecule has 1 fully saturated rings. The smallest absolute Gasteiger partial charge is 0.319 e. The molecule has 1 saturated heterocycles. The zero-order valence-electron chi connectivity index (χ0n) is 18.4. The van der Waals surface area contributed by atoms with Gasteiger partial charge in [-0.15, -0.1) is 0 Å². The molecule has 1 unspecified atom stereocenters. The Balaban J connectivity index is 1.39. The summed E-state index contributed by atoms with van der Waals surface area (Å²) in [5, 5.41) is 8.29. The second-order valence-electron chi connectivity index (χ2n) is 8.59. The molecule has 0 aliphatic carbocycles. The van der Waals surface area contributed by atoms with Crippen LogP contribution in [-0.4, -0.2) is 34.7 Å². The topological polar surface area (TPSA) is 108 Å². The lowest BCUT2D eigenvalue weighted by Gasteiger charge is -2.29. The van der Waals surface area contributed by atoms with Gasteiger partial charge in [-0.25, -0.2) is 4.79 Å². The monoisotopic (exact) mass is 468 g/mol. The van der Waals surface area contributed by atoms with Crippen LogP contribution in [0.25, 0.3) is 0 Å². The van der Waals surface area contributed by atoms with Crippen LogP contribution in [0.4, 0.5) is 10.5 Å². The summed E-state index contributed by atoms with van der Waals surface area (Å²) in [6, 6.07) is 9.88. The van der Waals surface area contributed by atoms with Crippen LogP contribution in [0.1, 0.15) is 59.7 Å². The Kier molecular flexibility index (Phi) is 6.37. The minimum absolute atomic E-state index is 0.213. The number of anilines is 1. The van der Waals surface area contributed by atoms with Gasteiger partial charge in [-0.1, -0.05) is 43.6 Å². The molecule has 3 N–H and O–H groups in total. The number of piperidine rings is 1. The Morgan fingerprint density at radius 2 is 1.97 bits per heavy atom. The van der Waals surface area contributed by atoms with Gasteiger partial charge in [-0.2, -0.15) is 0 Å². The van der Waals surface area contributed by atoms with E-state index >= 15 is 0 Å². The number of carbonyl (C=O) groups excluding carboxylic acids is 4. The van der Waals surface area contributed by atoms with Crippen molar-refractivity contribution in [2.24, 2.45) is 0 Å². The number of nitrogens with one attached hydrogen (secondary N) is 3. The second kappa shape index (κ2) is 9.23. The summed E-state index contributed by atoms with van der Waals surface area (Å²) in [5.74, 6) is -0.701. The van der Waals surface area contributed by atoms with Crippen molar-refractivity contribution >= 4 is 41.0 Å². The zero-order chi connectivity index (χ0) is 23.7. The molecule has 0 saturated carbocycles. The number of benzene rings is 2. The van der Waals surface area contributed by atoms with Crippen LogP contribution in [-0.2, 0) is 22.7 Å². The standard InChI is InChI=1S/C24H25ClN4O4/c1-13(2)15-5-6-18(25)19(10-15)27-24(33)26-11-14-3-4-16-12-29(23(32)17(16)9-14)20-7-8-21(30)28-22(20)31/h3-6,9-10,13,20H,7-8,11-12H2,1-2H3,(H2,26,27,33)(H,28,30,31). The van der Waals surface area contributed by atoms with E-state index in [1.54, 1.807) is 12.1 Å². The lowest BCUT2D eigenvalue weighted by Crippen LogP contribution is -2.52. The zero-order valence-corrected chi connectivity index (χ0v) is 19.2. The highest BCUT2D eigenvalue weighted by atomic mass is 35.5. The molecule has 172 valence electrons. The van der Waals surface area contributed by atoms with Gasteiger partial charge in [0, 0.05) is 25.1 Å². The summed E-state index contributed by atoms with van der Waals surface area (Å²) in [7, 11) is 0. The highest BCUT2D eigenvalue weighted by Crippen LogP contribution is 2.29. The predicted octanol–water partition coefficient (Wildman–Crippen LogP) is 3.55. The molecule has 2 aliphatic heterocycles. The number of carbonyl (C=O) groups is 4. The molecule has 0 spiro atoms. The van der Waals surface area contributed by atoms with Crippen molar-refractivity contribution in [2.45, 2.75) is 51.7 Å². The number of hydrogen-bond donors (Lipinski definition) is 3. The number of halogens is 1. The van der Waals surface area contributed by atoms with Crippen LogP contribution in [0.15, 0.2) is 36.4 Å². The van der Waals surface area contributed by atoms with E-state index in [1.807, 2.05) is 24.3 Å². The van der Waals surface area contributed by atoms with Gasteiger partial charge < -0.3 is 15.5 Å². The summed E-state index contributed by atoms with van der Waals surface area (Å²) in [4.78, 5) is 50.4. The summed E-state index contributed by atoms with van der Waals surface area (Å²) in [6.07, 6.45) is 0.532. The maximum Gasteiger partial charge on any atom is 0.319 e. The Bertz CT molecular complexity index is 1150. The molecular weight excluding hydrogens is 444 g/mol. The first-order chi connectivity index (χ1) is 15.7. The quantitative estimate of drug-likeness (QED) is 0.583. The average Bonchev–Trinajstić information content (AvgIpc) is 3.09. The predicted molar refractivity (Wildman–Crippen MR) is 124 cm³/mol. The third-order valence-corrected chi connectivity index (χ3v) is 6.28. The maximum absolute atomic E-state index is 12.9. The van der Waals surface area contributed by atoms with Crippen LogP contribution in [0.5, 0.6) is 0 Å². The number of rotatable bonds is 5. The summed E-state index contributed by atoms with van der Waals surface area (Å²) < 4.78 is 0. The number of imide groups is 1. The molecule has 0 radical (unpaired) electrons. The van der Waals surface area contributed by atoms with Gasteiger partial charge in [0.25, 0.3) is 5.91 Å². The number of urea groups is 1. The highest BCUT2D eigenvalue weighted by molar-refractivity contribution is 6.33. The van der Waals surface area contributed by atoms with Crippen LogP contribution in [0.2, 0.25) is 5.02 Å². The third-order valence-electron chi connectivity index (χ3n) is 5.95. The molecular formula is C24H25ClN4O4. The van der Waals surface area contributed by atoms with Crippen molar-refractivity contribution in [3.8, 4) is 0 Å². The number of fused-ring (bicyclic) bond motifs is 1. The first-order valence-electron chi connectivity index (χ1n) is 10.8. The van der Waals surface area contributed by atoms with Crippen molar-refractivity contribution in [1.29, 1.82) is 0 Å². The fraction of sp³-hybridized carbons (Fsp3) is 0.333. The van der Waals surface area contributed by atoms with E-state index in [2.05, 4.69) is 29.8 Å². The molecule has 5 amide bonds. The van der Waals surface area contributed by atoms with E-state index in [1.165, 1.54) is 4.90 Å². The normalized spacial score (nSPS) is 17.8. The van der Waals surface area contributed by atoms with Gasteiger partial charge in [0.1, 0.15) is 6.04 Å². The van der Waals surface area contributed by atoms with Gasteiger partial charge in [-0.3, -0.25) is 19.7 Å². The Hall–Kier alpha value is -3.39. The molecule has 4 rings (SSSR count). The van der Waals surface area contributed by atoms with Gasteiger partial charge in [-0.05, 0) is 47.2 Å². The van der Waals surface area contributed by atoms with E-state index in [9.17, 15) is 19.2 Å². The minimum Gasteiger partial charge on any atom is -0.334 e. The molecule has 8 nitrogen and oxygen atoms in total. The van der Waals surface area contributed by atoms with Crippen molar-refractivity contribution in [1.82, 2.24) is 15.5 Å². The second-order valence-corrected chi connectivity index (χ2v) is 9.00. The number of hydrogen-bond acceptors (Lipinski definition) is 4. The summed E-state index contributed by atoms with van der Waals surface area (Å²) in [6.45, 7) is 4.65. The minimum atomic E-state index is -0.652. The van der Waals surface area contributed by atoms with Crippen molar-refractivity contribution in [3.05, 3.63) is 63.7 Å². The molecule has 33 heavy (non-hydrogen) atoms. The van der Waals surface area contributed by atoms with Crippen LogP contribution in [0.3, 0.4) is 0 Å². The first kappa shape index (κ1) is 22.8. The van der Waals surface area contributed by atoms with Gasteiger partial charge in [0.15, 0.2) is 0 Å². The number of amides is 5. The molecule has 9 heteroatoms. The summed E-state index contributed by atoms with van der Waals surface area (Å²) >= 11 is 6.21. The van der Waals surface area contributed by atoms with Crippen molar-refractivity contribution < 1.29 is 19.2 Å².